The van der Waals surface area contributed by atoms with Crippen LogP contribution in [0.5, 0.6) is 0 Å². The maximum Gasteiger partial charge on any atom is 0.257 e. The molecule has 3 aromatic rings. The highest BCUT2D eigenvalue weighted by molar-refractivity contribution is 5.32. The number of nitrogens with one attached hydrogen (secondary N) is 1. The molecule has 0 radical (unpaired) electrons. The third-order valence-electron chi connectivity index (χ3n) is 3.38. The van der Waals surface area contributed by atoms with Gasteiger partial charge in [-0.3, -0.25) is 4.57 Å². The number of rotatable bonds is 4. The van der Waals surface area contributed by atoms with E-state index in [0.29, 0.717) is 23.8 Å². The summed E-state index contributed by atoms with van der Waals surface area (Å²) in [4.78, 5) is 17.1. The lowest BCUT2D eigenvalue weighted by molar-refractivity contribution is 0.759. The molecule has 0 atom stereocenters. The summed E-state index contributed by atoms with van der Waals surface area (Å²) in [6, 6.07) is 2.03. The van der Waals surface area contributed by atoms with Crippen molar-refractivity contribution in [2.75, 3.05) is 12.4 Å². The lowest BCUT2D eigenvalue weighted by Gasteiger charge is -2.06. The molecule has 0 bridgehead atoms. The van der Waals surface area contributed by atoms with Gasteiger partial charge < -0.3 is 5.32 Å². The van der Waals surface area contributed by atoms with Crippen LogP contribution in [-0.2, 0) is 0 Å². The van der Waals surface area contributed by atoms with E-state index in [0.717, 1.165) is 5.69 Å². The fourth-order valence-electron chi connectivity index (χ4n) is 2.11. The molecule has 0 amide bonds. The number of hydrogen-bond acceptors (Lipinski definition) is 6. The zero-order valence-electron chi connectivity index (χ0n) is 11.5. The molecule has 3 aromatic heterocycles. The van der Waals surface area contributed by atoms with E-state index in [1.807, 2.05) is 12.3 Å². The molecule has 1 N–H and O–H groups in total. The molecule has 106 valence electrons. The molecule has 0 saturated heterocycles. The normalized spacial score (nSPS) is 14.3. The van der Waals surface area contributed by atoms with Gasteiger partial charge in [0.05, 0.1) is 5.69 Å². The van der Waals surface area contributed by atoms with Crippen LogP contribution in [0.1, 0.15) is 24.5 Å². The average molecular weight is 282 g/mol. The van der Waals surface area contributed by atoms with Crippen molar-refractivity contribution in [2.24, 2.45) is 0 Å². The molecule has 1 saturated carbocycles. The van der Waals surface area contributed by atoms with Crippen molar-refractivity contribution in [2.45, 2.75) is 18.8 Å². The summed E-state index contributed by atoms with van der Waals surface area (Å²) < 4.78 is 3.42. The molecule has 4 rings (SSSR count). The summed E-state index contributed by atoms with van der Waals surface area (Å²) in [5, 5.41) is 7.50. The summed E-state index contributed by atoms with van der Waals surface area (Å²) in [5.41, 5.74) is 1.10. The van der Waals surface area contributed by atoms with E-state index >= 15 is 0 Å². The molecule has 0 spiro atoms. The second kappa shape index (κ2) is 4.65. The van der Waals surface area contributed by atoms with Gasteiger partial charge >= 0.3 is 0 Å². The van der Waals surface area contributed by atoms with Gasteiger partial charge in [0.1, 0.15) is 6.33 Å². The third-order valence-corrected chi connectivity index (χ3v) is 3.38. The molecule has 8 nitrogen and oxygen atoms in total. The minimum Gasteiger partial charge on any atom is -0.357 e. The first-order chi connectivity index (χ1) is 10.3. The van der Waals surface area contributed by atoms with Crippen LogP contribution >= 0.6 is 0 Å². The Bertz CT molecular complexity index is 756. The molecule has 0 aromatic carbocycles. The van der Waals surface area contributed by atoms with Crippen LogP contribution in [0.15, 0.2) is 31.0 Å². The molecule has 1 aliphatic rings. The molecular formula is C13H14N8. The Morgan fingerprint density at radius 3 is 2.71 bits per heavy atom. The van der Waals surface area contributed by atoms with E-state index in [9.17, 15) is 0 Å². The average Bonchev–Trinajstić information content (AvgIpc) is 3.05. The Labute approximate surface area is 120 Å². The van der Waals surface area contributed by atoms with Gasteiger partial charge in [0.25, 0.3) is 5.95 Å². The smallest absolute Gasteiger partial charge is 0.257 e. The Kier molecular flexibility index (Phi) is 2.66. The first-order valence-corrected chi connectivity index (χ1v) is 6.81. The lowest BCUT2D eigenvalue weighted by atomic mass is 10.3. The van der Waals surface area contributed by atoms with Crippen LogP contribution in [0.3, 0.4) is 0 Å². The highest BCUT2D eigenvalue weighted by Crippen LogP contribution is 2.38. The first-order valence-electron chi connectivity index (χ1n) is 6.81. The quantitative estimate of drug-likeness (QED) is 0.772. The van der Waals surface area contributed by atoms with Crippen molar-refractivity contribution in [3.8, 4) is 11.9 Å². The number of aromatic nitrogens is 7. The summed E-state index contributed by atoms with van der Waals surface area (Å²) in [6.45, 7) is 0. The fraction of sp³-hybridized carbons (Fsp3) is 0.308. The van der Waals surface area contributed by atoms with Crippen molar-refractivity contribution in [1.82, 2.24) is 34.3 Å². The van der Waals surface area contributed by atoms with Crippen LogP contribution in [0.2, 0.25) is 0 Å². The van der Waals surface area contributed by atoms with E-state index in [1.165, 1.54) is 12.8 Å². The molecule has 1 fully saturated rings. The minimum absolute atomic E-state index is 0.491. The second-order valence-electron chi connectivity index (χ2n) is 4.94. The zero-order chi connectivity index (χ0) is 14.2. The molecule has 0 unspecified atom stereocenters. The Balaban J connectivity index is 1.77. The van der Waals surface area contributed by atoms with E-state index in [4.69, 9.17) is 0 Å². The van der Waals surface area contributed by atoms with Crippen LogP contribution < -0.4 is 5.32 Å². The van der Waals surface area contributed by atoms with Crippen LogP contribution in [0.25, 0.3) is 11.9 Å². The van der Waals surface area contributed by atoms with E-state index in [2.05, 4.69) is 30.4 Å². The van der Waals surface area contributed by atoms with Gasteiger partial charge in [-0.05, 0) is 18.9 Å². The number of anilines is 1. The highest BCUT2D eigenvalue weighted by Gasteiger charge is 2.26. The lowest BCUT2D eigenvalue weighted by Crippen LogP contribution is -2.11. The monoisotopic (exact) mass is 282 g/mol. The number of nitrogens with zero attached hydrogens (tertiary/aromatic N) is 7. The first kappa shape index (κ1) is 12.0. The van der Waals surface area contributed by atoms with Gasteiger partial charge in [0.2, 0.25) is 11.9 Å². The van der Waals surface area contributed by atoms with Crippen molar-refractivity contribution in [3.63, 3.8) is 0 Å². The standard InChI is InChI=1S/C13H14N8/c1-14-11-16-12(20-7-5-15-8-20)18-13(17-11)21-6-4-10(19-21)9-2-3-9/h4-9H,2-3H2,1H3,(H,14,16,17,18). The molecule has 0 aliphatic heterocycles. The van der Waals surface area contributed by atoms with Crippen molar-refractivity contribution >= 4 is 5.95 Å². The van der Waals surface area contributed by atoms with Gasteiger partial charge in [0, 0.05) is 31.6 Å². The van der Waals surface area contributed by atoms with Gasteiger partial charge in [-0.2, -0.15) is 20.1 Å². The van der Waals surface area contributed by atoms with Crippen LogP contribution in [-0.4, -0.2) is 41.3 Å². The van der Waals surface area contributed by atoms with Crippen molar-refractivity contribution in [1.29, 1.82) is 0 Å². The van der Waals surface area contributed by atoms with Gasteiger partial charge in [-0.25, -0.2) is 9.67 Å². The van der Waals surface area contributed by atoms with Crippen LogP contribution in [0, 0.1) is 0 Å². The van der Waals surface area contributed by atoms with Gasteiger partial charge in [-0.1, -0.05) is 0 Å². The summed E-state index contributed by atoms with van der Waals surface area (Å²) >= 11 is 0. The third kappa shape index (κ3) is 2.24. The summed E-state index contributed by atoms with van der Waals surface area (Å²) in [7, 11) is 1.77. The Hall–Kier alpha value is -2.77. The maximum absolute atomic E-state index is 4.55. The number of imidazole rings is 1. The predicted octanol–water partition coefficient (Wildman–Crippen LogP) is 1.16. The van der Waals surface area contributed by atoms with Crippen molar-refractivity contribution < 1.29 is 0 Å². The number of hydrogen-bond donors (Lipinski definition) is 1. The zero-order valence-corrected chi connectivity index (χ0v) is 11.5. The Morgan fingerprint density at radius 2 is 2.00 bits per heavy atom. The summed E-state index contributed by atoms with van der Waals surface area (Å²) in [6.07, 6.45) is 9.45. The fourth-order valence-corrected chi connectivity index (χ4v) is 2.11. The van der Waals surface area contributed by atoms with Crippen molar-refractivity contribution in [3.05, 3.63) is 36.7 Å². The van der Waals surface area contributed by atoms with E-state index in [-0.39, 0.29) is 0 Å². The summed E-state index contributed by atoms with van der Waals surface area (Å²) in [5.74, 6) is 2.09. The van der Waals surface area contributed by atoms with Gasteiger partial charge in [0.15, 0.2) is 0 Å². The molecule has 1 aliphatic carbocycles. The molecule has 3 heterocycles. The molecular weight excluding hydrogens is 268 g/mol. The van der Waals surface area contributed by atoms with E-state index < -0.39 is 0 Å². The molecule has 21 heavy (non-hydrogen) atoms. The van der Waals surface area contributed by atoms with Crippen LogP contribution in [0.4, 0.5) is 5.95 Å². The topological polar surface area (TPSA) is 86.3 Å². The highest BCUT2D eigenvalue weighted by atomic mass is 15.4. The van der Waals surface area contributed by atoms with Gasteiger partial charge in [-0.15, -0.1) is 0 Å². The molecule has 8 heteroatoms. The second-order valence-corrected chi connectivity index (χ2v) is 4.94. The predicted molar refractivity (Wildman–Crippen MR) is 75.6 cm³/mol. The maximum atomic E-state index is 4.55. The van der Waals surface area contributed by atoms with E-state index in [1.54, 1.807) is 35.0 Å². The SMILES string of the molecule is CNc1nc(-n2ccnc2)nc(-n2ccc(C3CC3)n2)n1. The minimum atomic E-state index is 0.491. The Morgan fingerprint density at radius 1 is 1.14 bits per heavy atom. The largest absolute Gasteiger partial charge is 0.357 e.